The van der Waals surface area contributed by atoms with Gasteiger partial charge in [0.25, 0.3) is 0 Å². The van der Waals surface area contributed by atoms with Gasteiger partial charge in [0.05, 0.1) is 6.54 Å². The van der Waals surface area contributed by atoms with Crippen molar-refractivity contribution in [1.29, 1.82) is 0 Å². The molecular weight excluding hydrogens is 247 g/mol. The van der Waals surface area contributed by atoms with E-state index in [1.54, 1.807) is 4.90 Å². The number of carbonyl (C=O) groups excluding carboxylic acids is 2. The maximum Gasteiger partial charge on any atom is 0.246 e. The summed E-state index contributed by atoms with van der Waals surface area (Å²) in [6.07, 6.45) is 6.33. The highest BCUT2D eigenvalue weighted by molar-refractivity contribution is 6.00. The SMILES string of the molecule is O=C1C(C2CC2)NC(=O)C2(CCCCC2)N1CCF. The first-order chi connectivity index (χ1) is 9.19. The lowest BCUT2D eigenvalue weighted by Crippen LogP contribution is -2.71. The van der Waals surface area contributed by atoms with Gasteiger partial charge in [0.15, 0.2) is 0 Å². The number of carbonyl (C=O) groups is 2. The van der Waals surface area contributed by atoms with Crippen molar-refractivity contribution >= 4 is 11.8 Å². The highest BCUT2D eigenvalue weighted by Gasteiger charge is 2.55. The Morgan fingerprint density at radius 2 is 1.89 bits per heavy atom. The van der Waals surface area contributed by atoms with E-state index in [0.29, 0.717) is 12.8 Å². The summed E-state index contributed by atoms with van der Waals surface area (Å²) in [4.78, 5) is 26.6. The maximum absolute atomic E-state index is 12.8. The van der Waals surface area contributed by atoms with Crippen LogP contribution in [0.4, 0.5) is 4.39 Å². The smallest absolute Gasteiger partial charge is 0.246 e. The molecule has 0 radical (unpaired) electrons. The van der Waals surface area contributed by atoms with Gasteiger partial charge in [-0.25, -0.2) is 4.39 Å². The molecule has 2 amide bonds. The molecule has 1 spiro atoms. The molecular formula is C14H21FN2O2. The number of halogens is 1. The Hall–Kier alpha value is -1.13. The molecule has 3 aliphatic rings. The van der Waals surface area contributed by atoms with Crippen molar-refractivity contribution < 1.29 is 14.0 Å². The van der Waals surface area contributed by atoms with Gasteiger partial charge in [-0.05, 0) is 31.6 Å². The minimum atomic E-state index is -0.757. The van der Waals surface area contributed by atoms with Crippen molar-refractivity contribution in [1.82, 2.24) is 10.2 Å². The highest BCUT2D eigenvalue weighted by Crippen LogP contribution is 2.41. The van der Waals surface area contributed by atoms with Crippen LogP contribution in [0.25, 0.3) is 0 Å². The molecule has 4 nitrogen and oxygen atoms in total. The molecule has 1 atom stereocenters. The summed E-state index contributed by atoms with van der Waals surface area (Å²) in [5.41, 5.74) is -0.757. The van der Waals surface area contributed by atoms with Crippen molar-refractivity contribution in [2.45, 2.75) is 56.5 Å². The van der Waals surface area contributed by atoms with E-state index in [2.05, 4.69) is 5.32 Å². The third kappa shape index (κ3) is 2.03. The Bertz CT molecular complexity index is 389. The predicted molar refractivity (Wildman–Crippen MR) is 68.2 cm³/mol. The maximum atomic E-state index is 12.8. The molecule has 1 saturated heterocycles. The summed E-state index contributed by atoms with van der Waals surface area (Å²) in [7, 11) is 0. The van der Waals surface area contributed by atoms with E-state index in [1.165, 1.54) is 0 Å². The second kappa shape index (κ2) is 4.76. The number of alkyl halides is 1. The van der Waals surface area contributed by atoms with Gasteiger partial charge in [0.1, 0.15) is 18.3 Å². The number of amides is 2. The van der Waals surface area contributed by atoms with E-state index < -0.39 is 18.3 Å². The Balaban J connectivity index is 1.89. The van der Waals surface area contributed by atoms with Crippen LogP contribution in [-0.2, 0) is 9.59 Å². The van der Waals surface area contributed by atoms with Crippen molar-refractivity contribution in [2.75, 3.05) is 13.2 Å². The molecule has 1 N–H and O–H groups in total. The average molecular weight is 268 g/mol. The first-order valence-electron chi connectivity index (χ1n) is 7.37. The first kappa shape index (κ1) is 12.9. The Morgan fingerprint density at radius 1 is 1.21 bits per heavy atom. The Morgan fingerprint density at radius 3 is 2.47 bits per heavy atom. The molecule has 3 rings (SSSR count). The second-order valence-corrected chi connectivity index (χ2v) is 6.06. The largest absolute Gasteiger partial charge is 0.342 e. The Labute approximate surface area is 112 Å². The van der Waals surface area contributed by atoms with Crippen LogP contribution in [0.1, 0.15) is 44.9 Å². The summed E-state index contributed by atoms with van der Waals surface area (Å²) in [6, 6.07) is -0.397. The number of hydrogen-bond donors (Lipinski definition) is 1. The van der Waals surface area contributed by atoms with Crippen LogP contribution >= 0.6 is 0 Å². The third-order valence-corrected chi connectivity index (χ3v) is 4.84. The number of nitrogens with one attached hydrogen (secondary N) is 1. The molecule has 1 unspecified atom stereocenters. The lowest BCUT2D eigenvalue weighted by molar-refractivity contribution is -0.161. The van der Waals surface area contributed by atoms with E-state index >= 15 is 0 Å². The fourth-order valence-electron chi connectivity index (χ4n) is 3.63. The van der Waals surface area contributed by atoms with Crippen molar-refractivity contribution in [3.05, 3.63) is 0 Å². The van der Waals surface area contributed by atoms with Crippen LogP contribution < -0.4 is 5.32 Å². The second-order valence-electron chi connectivity index (χ2n) is 6.06. The lowest BCUT2D eigenvalue weighted by atomic mass is 9.77. The van der Waals surface area contributed by atoms with Crippen LogP contribution in [0.15, 0.2) is 0 Å². The summed E-state index contributed by atoms with van der Waals surface area (Å²) >= 11 is 0. The first-order valence-corrected chi connectivity index (χ1v) is 7.37. The van der Waals surface area contributed by atoms with E-state index in [-0.39, 0.29) is 24.3 Å². The van der Waals surface area contributed by atoms with Gasteiger partial charge < -0.3 is 10.2 Å². The topological polar surface area (TPSA) is 49.4 Å². The molecule has 0 aromatic rings. The van der Waals surface area contributed by atoms with Gasteiger partial charge in [-0.3, -0.25) is 9.59 Å². The summed E-state index contributed by atoms with van der Waals surface area (Å²) < 4.78 is 12.8. The molecule has 5 heteroatoms. The molecule has 19 heavy (non-hydrogen) atoms. The van der Waals surface area contributed by atoms with Gasteiger partial charge in [-0.1, -0.05) is 19.3 Å². The van der Waals surface area contributed by atoms with Crippen molar-refractivity contribution in [3.8, 4) is 0 Å². The molecule has 0 aromatic carbocycles. The standard InChI is InChI=1S/C14H21FN2O2/c15-8-9-17-12(18)11(10-4-5-10)16-13(19)14(17)6-2-1-3-7-14/h10-11H,1-9H2,(H,16,19). The zero-order chi connectivity index (χ0) is 13.5. The van der Waals surface area contributed by atoms with E-state index in [0.717, 1.165) is 32.1 Å². The van der Waals surface area contributed by atoms with Gasteiger partial charge in [0.2, 0.25) is 11.8 Å². The summed E-state index contributed by atoms with van der Waals surface area (Å²) in [5.74, 6) is 0.179. The molecule has 2 saturated carbocycles. The minimum Gasteiger partial charge on any atom is -0.342 e. The molecule has 0 aromatic heterocycles. The van der Waals surface area contributed by atoms with E-state index in [1.807, 2.05) is 0 Å². The average Bonchev–Trinajstić information content (AvgIpc) is 3.25. The molecule has 0 bridgehead atoms. The lowest BCUT2D eigenvalue weighted by Gasteiger charge is -2.50. The number of nitrogens with zero attached hydrogens (tertiary/aromatic N) is 1. The van der Waals surface area contributed by atoms with Crippen LogP contribution in [0.5, 0.6) is 0 Å². The number of rotatable bonds is 3. The number of piperazine rings is 1. The summed E-state index contributed by atoms with van der Waals surface area (Å²) in [6.45, 7) is -0.506. The summed E-state index contributed by atoms with van der Waals surface area (Å²) in [5, 5.41) is 2.92. The zero-order valence-electron chi connectivity index (χ0n) is 11.2. The molecule has 2 aliphatic carbocycles. The van der Waals surface area contributed by atoms with Crippen molar-refractivity contribution in [3.63, 3.8) is 0 Å². The van der Waals surface area contributed by atoms with Gasteiger partial charge in [-0.2, -0.15) is 0 Å². The number of hydrogen-bond acceptors (Lipinski definition) is 2. The van der Waals surface area contributed by atoms with Crippen LogP contribution in [-0.4, -0.2) is 41.5 Å². The monoisotopic (exact) mass is 268 g/mol. The van der Waals surface area contributed by atoms with Crippen LogP contribution in [0.3, 0.4) is 0 Å². The minimum absolute atomic E-state index is 0.0443. The molecule has 106 valence electrons. The fraction of sp³-hybridized carbons (Fsp3) is 0.857. The highest BCUT2D eigenvalue weighted by atomic mass is 19.1. The fourth-order valence-corrected chi connectivity index (χ4v) is 3.63. The Kier molecular flexibility index (Phi) is 3.23. The van der Waals surface area contributed by atoms with Gasteiger partial charge >= 0.3 is 0 Å². The quantitative estimate of drug-likeness (QED) is 0.841. The van der Waals surface area contributed by atoms with Gasteiger partial charge in [-0.15, -0.1) is 0 Å². The van der Waals surface area contributed by atoms with Crippen LogP contribution in [0, 0.1) is 5.92 Å². The predicted octanol–water partition coefficient (Wildman–Crippen LogP) is 1.40. The van der Waals surface area contributed by atoms with Crippen LogP contribution in [0.2, 0.25) is 0 Å². The van der Waals surface area contributed by atoms with Gasteiger partial charge in [0, 0.05) is 0 Å². The zero-order valence-corrected chi connectivity index (χ0v) is 11.2. The molecule has 3 fully saturated rings. The van der Waals surface area contributed by atoms with Crippen molar-refractivity contribution in [2.24, 2.45) is 5.92 Å². The van der Waals surface area contributed by atoms with E-state index in [4.69, 9.17) is 0 Å². The molecule has 1 heterocycles. The molecule has 1 aliphatic heterocycles. The third-order valence-electron chi connectivity index (χ3n) is 4.84. The normalized spacial score (nSPS) is 30.6. The van der Waals surface area contributed by atoms with E-state index in [9.17, 15) is 14.0 Å².